The molecule has 0 atom stereocenters. The normalized spacial score (nSPS) is 15.4. The van der Waals surface area contributed by atoms with Gasteiger partial charge in [0.1, 0.15) is 15.9 Å². The van der Waals surface area contributed by atoms with E-state index in [1.54, 1.807) is 6.07 Å². The van der Waals surface area contributed by atoms with Gasteiger partial charge in [0, 0.05) is 7.14 Å². The standard InChI is InChI=1S/C19H17I3O5S/c20-14-9-16(22)17(10-15(14)21)27-19(23)12-6-7-18(28(24,25)26)13(8-12)11-4-2-1-3-5-11/h6-11H,1-5H2,(H,24,25,26)/p-1. The Kier molecular flexibility index (Phi) is 7.64. The van der Waals surface area contributed by atoms with Gasteiger partial charge in [-0.05, 0) is 122 Å². The van der Waals surface area contributed by atoms with E-state index in [1.165, 1.54) is 18.2 Å². The van der Waals surface area contributed by atoms with Gasteiger partial charge in [0.25, 0.3) is 0 Å². The Labute approximate surface area is 205 Å². The first-order chi connectivity index (χ1) is 13.2. The van der Waals surface area contributed by atoms with E-state index < -0.39 is 16.1 Å². The average molecular weight is 737 g/mol. The lowest BCUT2D eigenvalue weighted by Crippen LogP contribution is -2.15. The fourth-order valence-electron chi connectivity index (χ4n) is 3.38. The van der Waals surface area contributed by atoms with E-state index >= 15 is 0 Å². The van der Waals surface area contributed by atoms with Crippen LogP contribution in [0.25, 0.3) is 0 Å². The minimum Gasteiger partial charge on any atom is -0.744 e. The Morgan fingerprint density at radius 3 is 2.25 bits per heavy atom. The molecule has 0 heterocycles. The first kappa shape index (κ1) is 22.7. The lowest BCUT2D eigenvalue weighted by molar-refractivity contribution is 0.0733. The molecular weight excluding hydrogens is 721 g/mol. The molecule has 1 saturated carbocycles. The third-order valence-corrected chi connectivity index (χ3v) is 9.31. The van der Waals surface area contributed by atoms with Crippen molar-refractivity contribution in [1.82, 2.24) is 0 Å². The molecule has 150 valence electrons. The van der Waals surface area contributed by atoms with Crippen LogP contribution in [0.15, 0.2) is 35.2 Å². The topological polar surface area (TPSA) is 83.5 Å². The van der Waals surface area contributed by atoms with E-state index in [2.05, 4.69) is 67.8 Å². The molecule has 1 aliphatic rings. The van der Waals surface area contributed by atoms with Crippen LogP contribution in [0, 0.1) is 10.7 Å². The lowest BCUT2D eigenvalue weighted by atomic mass is 9.83. The molecule has 0 bridgehead atoms. The summed E-state index contributed by atoms with van der Waals surface area (Å²) in [6, 6.07) is 7.83. The van der Waals surface area contributed by atoms with Crippen LogP contribution in [0.4, 0.5) is 0 Å². The number of rotatable bonds is 4. The molecule has 2 aromatic carbocycles. The molecule has 2 aromatic rings. The second-order valence-corrected chi connectivity index (χ2v) is 11.5. The Bertz CT molecular complexity index is 1010. The van der Waals surface area contributed by atoms with E-state index in [1.807, 2.05) is 6.07 Å². The van der Waals surface area contributed by atoms with Gasteiger partial charge in [-0.15, -0.1) is 0 Å². The second kappa shape index (κ2) is 9.43. The van der Waals surface area contributed by atoms with Crippen molar-refractivity contribution in [2.24, 2.45) is 0 Å². The summed E-state index contributed by atoms with van der Waals surface area (Å²) >= 11 is 6.49. The van der Waals surface area contributed by atoms with E-state index in [0.29, 0.717) is 11.3 Å². The minimum absolute atomic E-state index is 0.0281. The molecule has 0 spiro atoms. The van der Waals surface area contributed by atoms with Crippen molar-refractivity contribution in [1.29, 1.82) is 0 Å². The maximum absolute atomic E-state index is 12.7. The van der Waals surface area contributed by atoms with Crippen molar-refractivity contribution >= 4 is 83.9 Å². The van der Waals surface area contributed by atoms with Crippen molar-refractivity contribution in [2.45, 2.75) is 42.9 Å². The van der Waals surface area contributed by atoms with Gasteiger partial charge in [0.2, 0.25) is 0 Å². The largest absolute Gasteiger partial charge is 0.744 e. The smallest absolute Gasteiger partial charge is 0.343 e. The van der Waals surface area contributed by atoms with Gasteiger partial charge >= 0.3 is 5.97 Å². The van der Waals surface area contributed by atoms with Crippen LogP contribution in [0.1, 0.15) is 53.9 Å². The van der Waals surface area contributed by atoms with Crippen LogP contribution >= 0.6 is 67.8 Å². The van der Waals surface area contributed by atoms with E-state index in [-0.39, 0.29) is 16.4 Å². The Morgan fingerprint density at radius 1 is 0.964 bits per heavy atom. The van der Waals surface area contributed by atoms with Crippen molar-refractivity contribution < 1.29 is 22.5 Å². The zero-order valence-corrected chi connectivity index (χ0v) is 21.9. The van der Waals surface area contributed by atoms with Crippen molar-refractivity contribution in [3.63, 3.8) is 0 Å². The highest BCUT2D eigenvalue weighted by Crippen LogP contribution is 2.37. The summed E-state index contributed by atoms with van der Waals surface area (Å²) < 4.78 is 43.5. The molecule has 1 aliphatic carbocycles. The number of ether oxygens (including phenoxy) is 1. The summed E-state index contributed by atoms with van der Waals surface area (Å²) in [5.41, 5.74) is 0.688. The van der Waals surface area contributed by atoms with Gasteiger partial charge in [0.05, 0.1) is 14.0 Å². The number of hydrogen-bond acceptors (Lipinski definition) is 5. The summed E-state index contributed by atoms with van der Waals surface area (Å²) in [6.07, 6.45) is 4.69. The summed E-state index contributed by atoms with van der Waals surface area (Å²) in [5.74, 6) is -0.142. The van der Waals surface area contributed by atoms with Crippen molar-refractivity contribution in [2.75, 3.05) is 0 Å². The molecule has 0 N–H and O–H groups in total. The van der Waals surface area contributed by atoms with Crippen LogP contribution in [0.5, 0.6) is 5.75 Å². The highest BCUT2D eigenvalue weighted by molar-refractivity contribution is 14.1. The number of carbonyl (C=O) groups is 1. The Morgan fingerprint density at radius 2 is 1.61 bits per heavy atom. The van der Waals surface area contributed by atoms with Gasteiger partial charge in [-0.1, -0.05) is 19.3 Å². The predicted molar refractivity (Wildman–Crippen MR) is 130 cm³/mol. The first-order valence-corrected chi connectivity index (χ1v) is 13.3. The molecule has 9 heteroatoms. The third-order valence-electron chi connectivity index (χ3n) is 4.74. The van der Waals surface area contributed by atoms with Gasteiger partial charge in [-0.25, -0.2) is 13.2 Å². The summed E-state index contributed by atoms with van der Waals surface area (Å²) in [6.45, 7) is 0. The highest BCUT2D eigenvalue weighted by atomic mass is 127. The fraction of sp³-hybridized carbons (Fsp3) is 0.316. The highest BCUT2D eigenvalue weighted by Gasteiger charge is 2.23. The maximum atomic E-state index is 12.7. The molecule has 28 heavy (non-hydrogen) atoms. The molecule has 3 rings (SSSR count). The molecule has 5 nitrogen and oxygen atoms in total. The molecule has 0 aliphatic heterocycles. The Balaban J connectivity index is 1.96. The second-order valence-electron chi connectivity index (χ2n) is 6.63. The SMILES string of the molecule is O=C(Oc1cc(I)c(I)cc1I)c1ccc(S(=O)(=O)[O-])c(C2CCCCC2)c1. The van der Waals surface area contributed by atoms with Crippen LogP contribution in [-0.2, 0) is 10.1 Å². The van der Waals surface area contributed by atoms with Crippen LogP contribution < -0.4 is 4.74 Å². The number of hydrogen-bond donors (Lipinski definition) is 0. The number of halogens is 3. The summed E-state index contributed by atoms with van der Waals surface area (Å²) in [4.78, 5) is 12.5. The quantitative estimate of drug-likeness (QED) is 0.133. The Hall–Kier alpha value is 0.01000. The van der Waals surface area contributed by atoms with Gasteiger partial charge in [-0.3, -0.25) is 0 Å². The minimum atomic E-state index is -4.61. The van der Waals surface area contributed by atoms with Gasteiger partial charge < -0.3 is 9.29 Å². The summed E-state index contributed by atoms with van der Waals surface area (Å²) in [7, 11) is -4.61. The molecule has 0 unspecified atom stereocenters. The molecule has 0 saturated heterocycles. The zero-order chi connectivity index (χ0) is 20.5. The number of esters is 1. The molecular formula is C19H16I3O5S-. The molecule has 0 amide bonds. The van der Waals surface area contributed by atoms with Crippen molar-refractivity contribution in [3.8, 4) is 5.75 Å². The average Bonchev–Trinajstić information content (AvgIpc) is 2.65. The maximum Gasteiger partial charge on any atom is 0.343 e. The van der Waals surface area contributed by atoms with Crippen LogP contribution in [-0.4, -0.2) is 18.9 Å². The van der Waals surface area contributed by atoms with Gasteiger partial charge in [-0.2, -0.15) is 0 Å². The van der Waals surface area contributed by atoms with E-state index in [9.17, 15) is 17.8 Å². The number of carbonyl (C=O) groups excluding carboxylic acids is 1. The summed E-state index contributed by atoms with van der Waals surface area (Å²) in [5, 5.41) is 0. The molecule has 1 fully saturated rings. The van der Waals surface area contributed by atoms with Gasteiger partial charge in [0.15, 0.2) is 0 Å². The fourth-order valence-corrected chi connectivity index (χ4v) is 6.20. The molecule has 0 radical (unpaired) electrons. The van der Waals surface area contributed by atoms with E-state index in [4.69, 9.17) is 4.74 Å². The lowest BCUT2D eigenvalue weighted by Gasteiger charge is -2.25. The van der Waals surface area contributed by atoms with Crippen LogP contribution in [0.2, 0.25) is 0 Å². The number of benzene rings is 2. The monoisotopic (exact) mass is 737 g/mol. The zero-order valence-electron chi connectivity index (χ0n) is 14.6. The van der Waals surface area contributed by atoms with Crippen molar-refractivity contribution in [3.05, 3.63) is 52.2 Å². The van der Waals surface area contributed by atoms with E-state index in [0.717, 1.165) is 42.8 Å². The molecule has 0 aromatic heterocycles. The predicted octanol–water partition coefficient (Wildman–Crippen LogP) is 5.67. The third kappa shape index (κ3) is 5.38. The van der Waals surface area contributed by atoms with Crippen LogP contribution in [0.3, 0.4) is 0 Å². The first-order valence-electron chi connectivity index (χ1n) is 8.63.